The van der Waals surface area contributed by atoms with Gasteiger partial charge in [-0.3, -0.25) is 4.90 Å². The number of nitrogens with two attached hydrogens (primary N) is 1. The summed E-state index contributed by atoms with van der Waals surface area (Å²) in [6.07, 6.45) is 2.24. The van der Waals surface area contributed by atoms with Crippen LogP contribution in [0.3, 0.4) is 0 Å². The van der Waals surface area contributed by atoms with Crippen LogP contribution in [0.15, 0.2) is 27.2 Å². The number of hydrogen-bond acceptors (Lipinski definition) is 5. The highest BCUT2D eigenvalue weighted by molar-refractivity contribution is 9.10. The first-order chi connectivity index (χ1) is 10.2. The van der Waals surface area contributed by atoms with Crippen molar-refractivity contribution in [3.63, 3.8) is 0 Å². The highest BCUT2D eigenvalue weighted by atomic mass is 79.9. The van der Waals surface area contributed by atoms with Crippen LogP contribution in [0.25, 0.3) is 0 Å². The zero-order chi connectivity index (χ0) is 14.8. The number of rotatable bonds is 6. The molecule has 3 rings (SSSR count). The Bertz CT molecular complexity index is 629. The number of nitrogens with zero attached hydrogens (tertiary/aromatic N) is 3. The molecule has 0 atom stereocenters. The van der Waals surface area contributed by atoms with Gasteiger partial charge in [0.25, 0.3) is 0 Å². The zero-order valence-corrected chi connectivity index (χ0v) is 13.0. The number of aromatic nitrogens is 2. The lowest BCUT2D eigenvalue weighted by atomic mass is 10.2. The van der Waals surface area contributed by atoms with Gasteiger partial charge in [-0.2, -0.15) is 4.98 Å². The lowest BCUT2D eigenvalue weighted by Gasteiger charge is -2.20. The van der Waals surface area contributed by atoms with Crippen molar-refractivity contribution in [2.45, 2.75) is 38.5 Å². The summed E-state index contributed by atoms with van der Waals surface area (Å²) in [6, 6.07) is 5.45. The summed E-state index contributed by atoms with van der Waals surface area (Å²) in [4.78, 5) is 6.39. The number of benzene rings is 1. The van der Waals surface area contributed by atoms with Crippen LogP contribution in [0, 0.1) is 5.82 Å². The van der Waals surface area contributed by atoms with E-state index >= 15 is 0 Å². The Morgan fingerprint density at radius 1 is 1.38 bits per heavy atom. The van der Waals surface area contributed by atoms with Crippen LogP contribution in [-0.2, 0) is 19.6 Å². The first-order valence-corrected chi connectivity index (χ1v) is 7.64. The van der Waals surface area contributed by atoms with E-state index in [0.717, 1.165) is 17.3 Å². The molecule has 1 aromatic heterocycles. The zero-order valence-electron chi connectivity index (χ0n) is 11.4. The van der Waals surface area contributed by atoms with Gasteiger partial charge in [0, 0.05) is 22.6 Å². The molecular weight excluding hydrogens is 339 g/mol. The molecule has 5 nitrogen and oxygen atoms in total. The molecule has 2 N–H and O–H groups in total. The molecule has 1 heterocycles. The Balaban J connectivity index is 1.74. The van der Waals surface area contributed by atoms with Crippen LogP contribution in [0.1, 0.15) is 30.1 Å². The van der Waals surface area contributed by atoms with E-state index < -0.39 is 0 Å². The van der Waals surface area contributed by atoms with Crippen LogP contribution in [0.4, 0.5) is 4.39 Å². The molecule has 112 valence electrons. The van der Waals surface area contributed by atoms with Crippen LogP contribution >= 0.6 is 15.9 Å². The van der Waals surface area contributed by atoms with Gasteiger partial charge >= 0.3 is 0 Å². The van der Waals surface area contributed by atoms with E-state index in [9.17, 15) is 4.39 Å². The van der Waals surface area contributed by atoms with Crippen molar-refractivity contribution < 1.29 is 8.91 Å². The summed E-state index contributed by atoms with van der Waals surface area (Å²) in [5.41, 5.74) is 6.13. The molecule has 21 heavy (non-hydrogen) atoms. The SMILES string of the molecule is NCc1nc(CN(Cc2cc(Br)ccc2F)C2CC2)no1. The van der Waals surface area contributed by atoms with Crippen LogP contribution < -0.4 is 5.73 Å². The first-order valence-electron chi connectivity index (χ1n) is 6.85. The quantitative estimate of drug-likeness (QED) is 0.863. The van der Waals surface area contributed by atoms with Gasteiger partial charge in [0.2, 0.25) is 5.89 Å². The van der Waals surface area contributed by atoms with Gasteiger partial charge in [-0.25, -0.2) is 4.39 Å². The maximum Gasteiger partial charge on any atom is 0.240 e. The van der Waals surface area contributed by atoms with Crippen LogP contribution in [-0.4, -0.2) is 21.1 Å². The Morgan fingerprint density at radius 2 is 2.19 bits per heavy atom. The maximum absolute atomic E-state index is 13.9. The molecular formula is C14H16BrFN4O. The summed E-state index contributed by atoms with van der Waals surface area (Å²) >= 11 is 3.38. The number of hydrogen-bond donors (Lipinski definition) is 1. The molecule has 1 saturated carbocycles. The first kappa shape index (κ1) is 14.6. The lowest BCUT2D eigenvalue weighted by molar-refractivity contribution is 0.232. The Hall–Kier alpha value is -1.31. The van der Waals surface area contributed by atoms with Crippen molar-refractivity contribution in [2.75, 3.05) is 0 Å². The van der Waals surface area contributed by atoms with E-state index in [0.29, 0.717) is 36.4 Å². The van der Waals surface area contributed by atoms with E-state index in [-0.39, 0.29) is 12.4 Å². The van der Waals surface area contributed by atoms with Gasteiger partial charge in [-0.15, -0.1) is 0 Å². The molecule has 1 aliphatic rings. The molecule has 0 amide bonds. The molecule has 1 aromatic carbocycles. The van der Waals surface area contributed by atoms with Gasteiger partial charge in [0.05, 0.1) is 13.1 Å². The highest BCUT2D eigenvalue weighted by Gasteiger charge is 2.30. The van der Waals surface area contributed by atoms with Crippen molar-refractivity contribution in [1.29, 1.82) is 0 Å². The van der Waals surface area contributed by atoms with E-state index in [4.69, 9.17) is 10.3 Å². The largest absolute Gasteiger partial charge is 0.338 e. The lowest BCUT2D eigenvalue weighted by Crippen LogP contribution is -2.26. The molecule has 0 bridgehead atoms. The minimum atomic E-state index is -0.195. The molecule has 2 aromatic rings. The Labute approximate surface area is 130 Å². The average molecular weight is 355 g/mol. The molecule has 0 aliphatic heterocycles. The van der Waals surface area contributed by atoms with Gasteiger partial charge in [0.15, 0.2) is 5.82 Å². The van der Waals surface area contributed by atoms with E-state index in [2.05, 4.69) is 31.0 Å². The molecule has 0 saturated heterocycles. The fraction of sp³-hybridized carbons (Fsp3) is 0.429. The molecule has 1 aliphatic carbocycles. The van der Waals surface area contributed by atoms with E-state index in [1.54, 1.807) is 6.07 Å². The maximum atomic E-state index is 13.9. The Kier molecular flexibility index (Phi) is 4.32. The van der Waals surface area contributed by atoms with Gasteiger partial charge < -0.3 is 10.3 Å². The van der Waals surface area contributed by atoms with Crippen molar-refractivity contribution in [3.8, 4) is 0 Å². The van der Waals surface area contributed by atoms with Crippen molar-refractivity contribution in [3.05, 3.63) is 45.8 Å². The average Bonchev–Trinajstić information content (AvgIpc) is 3.22. The minimum absolute atomic E-state index is 0.195. The molecule has 0 unspecified atom stereocenters. The molecule has 7 heteroatoms. The fourth-order valence-electron chi connectivity index (χ4n) is 2.26. The minimum Gasteiger partial charge on any atom is -0.338 e. The van der Waals surface area contributed by atoms with Crippen LogP contribution in [0.5, 0.6) is 0 Å². The summed E-state index contributed by atoms with van der Waals surface area (Å²) in [6.45, 7) is 1.30. The second kappa shape index (κ2) is 6.21. The third-order valence-corrected chi connectivity index (χ3v) is 3.97. The van der Waals surface area contributed by atoms with Crippen molar-refractivity contribution in [2.24, 2.45) is 5.73 Å². The van der Waals surface area contributed by atoms with E-state index in [1.165, 1.54) is 6.07 Å². The predicted octanol–water partition coefficient (Wildman–Crippen LogP) is 2.59. The third kappa shape index (κ3) is 3.66. The standard InChI is InChI=1S/C14H16BrFN4O/c15-10-1-4-12(16)9(5-10)7-20(11-2-3-11)8-13-18-14(6-17)21-19-13/h1,4-5,11H,2-3,6-8,17H2. The van der Waals surface area contributed by atoms with Crippen molar-refractivity contribution in [1.82, 2.24) is 15.0 Å². The monoisotopic (exact) mass is 354 g/mol. The topological polar surface area (TPSA) is 68.2 Å². The van der Waals surface area contributed by atoms with Crippen molar-refractivity contribution >= 4 is 15.9 Å². The smallest absolute Gasteiger partial charge is 0.240 e. The fourth-order valence-corrected chi connectivity index (χ4v) is 2.66. The summed E-state index contributed by atoms with van der Waals surface area (Å²) in [5, 5.41) is 3.91. The highest BCUT2D eigenvalue weighted by Crippen LogP contribution is 2.30. The third-order valence-electron chi connectivity index (χ3n) is 3.47. The summed E-state index contributed by atoms with van der Waals surface area (Å²) in [7, 11) is 0. The Morgan fingerprint density at radius 3 is 2.86 bits per heavy atom. The molecule has 0 radical (unpaired) electrons. The normalized spacial score (nSPS) is 14.9. The second-order valence-electron chi connectivity index (χ2n) is 5.18. The molecule has 0 spiro atoms. The predicted molar refractivity (Wildman–Crippen MR) is 78.6 cm³/mol. The van der Waals surface area contributed by atoms with Gasteiger partial charge in [-0.1, -0.05) is 21.1 Å². The summed E-state index contributed by atoms with van der Waals surface area (Å²) in [5.74, 6) is 0.826. The van der Waals surface area contributed by atoms with Gasteiger partial charge in [-0.05, 0) is 31.0 Å². The summed E-state index contributed by atoms with van der Waals surface area (Å²) < 4.78 is 19.8. The van der Waals surface area contributed by atoms with Crippen LogP contribution in [0.2, 0.25) is 0 Å². The van der Waals surface area contributed by atoms with E-state index in [1.807, 2.05) is 6.07 Å². The number of halogens is 2. The van der Waals surface area contributed by atoms with Gasteiger partial charge in [0.1, 0.15) is 5.82 Å². The second-order valence-corrected chi connectivity index (χ2v) is 6.10. The molecule has 1 fully saturated rings.